The molecule has 6 nitrogen and oxygen atoms in total. The van der Waals surface area contributed by atoms with Gasteiger partial charge in [0.1, 0.15) is 6.61 Å². The molecular weight excluding hydrogens is 510 g/mol. The van der Waals surface area contributed by atoms with Crippen LogP contribution in [0.3, 0.4) is 0 Å². The fourth-order valence-corrected chi connectivity index (χ4v) is 5.63. The Hall–Kier alpha value is -2.79. The minimum Gasteiger partial charge on any atom is -0.743 e. The Morgan fingerprint density at radius 2 is 1.31 bits per heavy atom. The largest absolute Gasteiger partial charge is 0.743 e. The number of esters is 1. The van der Waals surface area contributed by atoms with Gasteiger partial charge in [0.15, 0.2) is 24.8 Å². The number of carbonyl (C=O) groups is 1. The molecule has 3 aromatic carbocycles. The average molecular weight is 537 g/mol. The molecule has 1 saturated heterocycles. The molecule has 1 aliphatic heterocycles. The predicted molar refractivity (Wildman–Crippen MR) is 131 cm³/mol. The highest BCUT2D eigenvalue weighted by Gasteiger charge is 2.50. The fourth-order valence-electron chi connectivity index (χ4n) is 3.26. The average Bonchev–Trinajstić information content (AvgIpc) is 2.85. The molecule has 0 aromatic heterocycles. The minimum atomic E-state index is -6.05. The number of halogens is 2. The molecular formula is C26H26F2O6S2. The van der Waals surface area contributed by atoms with Gasteiger partial charge in [-0.05, 0) is 42.8 Å². The van der Waals surface area contributed by atoms with Crippen molar-refractivity contribution >= 4 is 27.0 Å². The molecule has 1 aliphatic rings. The van der Waals surface area contributed by atoms with E-state index in [0.29, 0.717) is 6.42 Å². The molecule has 0 N–H and O–H groups in total. The lowest BCUT2D eigenvalue weighted by molar-refractivity contribution is -0.183. The second kappa shape index (κ2) is 12.0. The van der Waals surface area contributed by atoms with E-state index in [9.17, 15) is 26.5 Å². The first-order chi connectivity index (χ1) is 17.1. The van der Waals surface area contributed by atoms with E-state index in [-0.39, 0.29) is 24.1 Å². The van der Waals surface area contributed by atoms with E-state index in [1.807, 2.05) is 0 Å². The van der Waals surface area contributed by atoms with Gasteiger partial charge in [-0.15, -0.1) is 0 Å². The van der Waals surface area contributed by atoms with Gasteiger partial charge in [-0.2, -0.15) is 8.78 Å². The summed E-state index contributed by atoms with van der Waals surface area (Å²) < 4.78 is 64.9. The molecule has 0 radical (unpaired) electrons. The monoisotopic (exact) mass is 536 g/mol. The molecule has 0 aliphatic carbocycles. The number of carbonyl (C=O) groups excluding carboxylic acids is 1. The molecule has 1 heterocycles. The van der Waals surface area contributed by atoms with Crippen molar-refractivity contribution in [3.05, 3.63) is 91.0 Å². The molecule has 3 aromatic rings. The molecule has 192 valence electrons. The van der Waals surface area contributed by atoms with Gasteiger partial charge < -0.3 is 14.0 Å². The summed E-state index contributed by atoms with van der Waals surface area (Å²) in [7, 11) is -6.07. The maximum atomic E-state index is 12.7. The molecule has 0 saturated carbocycles. The zero-order chi connectivity index (χ0) is 26.2. The summed E-state index contributed by atoms with van der Waals surface area (Å²) in [5.41, 5.74) is -0.557. The standard InChI is InChI=1S/C18H15S.C8H12F2O6S/c1-4-10-16(11-5-1)19(17-12-6-2-7-13-17)18-14-8-3-9-15-18;1-2-7(3-15-4-7)5-16-6(11)8(9,10)17(12,13)14/h1-15H;2-5H2,1H3,(H,12,13,14)/q+1;/p-1. The van der Waals surface area contributed by atoms with E-state index in [0.717, 1.165) is 0 Å². The molecule has 0 unspecified atom stereocenters. The van der Waals surface area contributed by atoms with Crippen molar-refractivity contribution in [1.29, 1.82) is 0 Å². The summed E-state index contributed by atoms with van der Waals surface area (Å²) in [5.74, 6) is -2.34. The van der Waals surface area contributed by atoms with E-state index in [4.69, 9.17) is 4.74 Å². The number of hydrogen-bond donors (Lipinski definition) is 0. The molecule has 0 bridgehead atoms. The zero-order valence-electron chi connectivity index (χ0n) is 19.5. The van der Waals surface area contributed by atoms with Crippen LogP contribution in [0.15, 0.2) is 106 Å². The Kier molecular flexibility index (Phi) is 9.24. The first-order valence-electron chi connectivity index (χ1n) is 11.1. The normalized spacial score (nSPS) is 14.8. The number of benzene rings is 3. The molecule has 0 amide bonds. The van der Waals surface area contributed by atoms with Crippen molar-refractivity contribution in [1.82, 2.24) is 0 Å². The first kappa shape index (κ1) is 27.8. The maximum Gasteiger partial charge on any atom is 0.428 e. The highest BCUT2D eigenvalue weighted by Crippen LogP contribution is 2.33. The van der Waals surface area contributed by atoms with Gasteiger partial charge in [-0.3, -0.25) is 0 Å². The van der Waals surface area contributed by atoms with Gasteiger partial charge in [-0.25, -0.2) is 13.2 Å². The quantitative estimate of drug-likeness (QED) is 0.232. The van der Waals surface area contributed by atoms with Crippen LogP contribution in [0.2, 0.25) is 0 Å². The van der Waals surface area contributed by atoms with E-state index in [2.05, 4.69) is 95.7 Å². The molecule has 36 heavy (non-hydrogen) atoms. The van der Waals surface area contributed by atoms with Gasteiger partial charge in [0.25, 0.3) is 0 Å². The fraction of sp³-hybridized carbons (Fsp3) is 0.269. The highest BCUT2D eigenvalue weighted by atomic mass is 32.2. The Labute approximate surface area is 212 Å². The Morgan fingerprint density at radius 1 is 0.917 bits per heavy atom. The number of ether oxygens (including phenoxy) is 2. The Morgan fingerprint density at radius 3 is 1.58 bits per heavy atom. The molecule has 0 spiro atoms. The van der Waals surface area contributed by atoms with Crippen LogP contribution in [0, 0.1) is 5.41 Å². The summed E-state index contributed by atoms with van der Waals surface area (Å²) in [4.78, 5) is 14.9. The van der Waals surface area contributed by atoms with Crippen LogP contribution in [0.4, 0.5) is 8.78 Å². The van der Waals surface area contributed by atoms with Gasteiger partial charge in [0.2, 0.25) is 0 Å². The molecule has 0 atom stereocenters. The van der Waals surface area contributed by atoms with E-state index >= 15 is 0 Å². The van der Waals surface area contributed by atoms with Gasteiger partial charge in [0.05, 0.1) is 29.5 Å². The SMILES string of the molecule is CCC1(COC(=O)C(F)(F)S(=O)(=O)[O-])COC1.c1ccc([S+](c2ccccc2)c2ccccc2)cc1. The smallest absolute Gasteiger partial charge is 0.428 e. The van der Waals surface area contributed by atoms with Crippen molar-refractivity contribution in [3.8, 4) is 0 Å². The van der Waals surface area contributed by atoms with E-state index in [1.165, 1.54) is 14.7 Å². The van der Waals surface area contributed by atoms with E-state index in [1.54, 1.807) is 6.92 Å². The van der Waals surface area contributed by atoms with Crippen molar-refractivity contribution in [2.45, 2.75) is 33.3 Å². The van der Waals surface area contributed by atoms with Crippen LogP contribution in [-0.2, 0) is 35.3 Å². The summed E-state index contributed by atoms with van der Waals surface area (Å²) in [6.07, 6.45) is 0.524. The molecule has 10 heteroatoms. The summed E-state index contributed by atoms with van der Waals surface area (Å²) >= 11 is 0. The number of alkyl halides is 2. The van der Waals surface area contributed by atoms with Gasteiger partial charge in [0, 0.05) is 0 Å². The van der Waals surface area contributed by atoms with Gasteiger partial charge in [-0.1, -0.05) is 61.5 Å². The molecule has 1 fully saturated rings. The third-order valence-corrected chi connectivity index (χ3v) is 8.59. The Bertz CT molecular complexity index is 1120. The lowest BCUT2D eigenvalue weighted by Gasteiger charge is -2.40. The number of hydrogen-bond acceptors (Lipinski definition) is 6. The van der Waals surface area contributed by atoms with E-state index < -0.39 is 33.4 Å². The summed E-state index contributed by atoms with van der Waals surface area (Å²) in [5, 5.41) is -5.05. The van der Waals surface area contributed by atoms with Crippen molar-refractivity contribution < 1.29 is 36.0 Å². The third kappa shape index (κ3) is 6.70. The minimum absolute atomic E-state index is 0.0146. The van der Waals surface area contributed by atoms with Crippen molar-refractivity contribution in [2.24, 2.45) is 5.41 Å². The third-order valence-electron chi connectivity index (χ3n) is 5.56. The van der Waals surface area contributed by atoms with Crippen LogP contribution < -0.4 is 0 Å². The first-order valence-corrected chi connectivity index (χ1v) is 13.7. The lowest BCUT2D eigenvalue weighted by Crippen LogP contribution is -2.48. The lowest BCUT2D eigenvalue weighted by atomic mass is 9.84. The topological polar surface area (TPSA) is 92.7 Å². The van der Waals surface area contributed by atoms with Crippen molar-refractivity contribution in [2.75, 3.05) is 19.8 Å². The highest BCUT2D eigenvalue weighted by molar-refractivity contribution is 7.97. The van der Waals surface area contributed by atoms with Gasteiger partial charge >= 0.3 is 11.2 Å². The van der Waals surface area contributed by atoms with Crippen LogP contribution in [-0.4, -0.2) is 44.0 Å². The van der Waals surface area contributed by atoms with Crippen LogP contribution in [0.25, 0.3) is 0 Å². The Balaban J connectivity index is 0.000000202. The second-order valence-electron chi connectivity index (χ2n) is 8.14. The van der Waals surface area contributed by atoms with Crippen LogP contribution in [0.5, 0.6) is 0 Å². The zero-order valence-corrected chi connectivity index (χ0v) is 21.1. The van der Waals surface area contributed by atoms with Crippen molar-refractivity contribution in [3.63, 3.8) is 0 Å². The maximum absolute atomic E-state index is 12.7. The summed E-state index contributed by atoms with van der Waals surface area (Å²) in [6.45, 7) is 1.84. The van der Waals surface area contributed by atoms with Crippen LogP contribution >= 0.6 is 0 Å². The molecule has 4 rings (SSSR count). The second-order valence-corrected chi connectivity index (χ2v) is 11.6. The predicted octanol–water partition coefficient (Wildman–Crippen LogP) is 4.88. The summed E-state index contributed by atoms with van der Waals surface area (Å²) in [6, 6.07) is 32.2. The number of rotatable bonds is 8. The van der Waals surface area contributed by atoms with Crippen LogP contribution in [0.1, 0.15) is 13.3 Å².